The van der Waals surface area contributed by atoms with Crippen molar-refractivity contribution in [2.24, 2.45) is 5.73 Å². The number of benzene rings is 2. The van der Waals surface area contributed by atoms with Crippen LogP contribution in [0.1, 0.15) is 28.4 Å². The zero-order valence-corrected chi connectivity index (χ0v) is 14.5. The number of hydrogen-bond donors (Lipinski definition) is 3. The standard InChI is InChI=1S/C19H21N3O4/c1-2-26-19(25)15-8-3-4-9-16(15)22-18(24)17(23)21-12-14-7-5-6-13(10-14)11-20/h3-10H,2,11-12,20H2,1H3,(H,21,23)(H,22,24). The Morgan fingerprint density at radius 1 is 1.00 bits per heavy atom. The fraction of sp³-hybridized carbons (Fsp3) is 0.211. The molecule has 2 amide bonds. The van der Waals surface area contributed by atoms with E-state index >= 15 is 0 Å². The van der Waals surface area contributed by atoms with Gasteiger partial charge in [0.25, 0.3) is 0 Å². The van der Waals surface area contributed by atoms with Gasteiger partial charge in [-0.15, -0.1) is 0 Å². The van der Waals surface area contributed by atoms with Crippen LogP contribution in [-0.2, 0) is 27.4 Å². The van der Waals surface area contributed by atoms with E-state index < -0.39 is 17.8 Å². The quantitative estimate of drug-likeness (QED) is 0.538. The van der Waals surface area contributed by atoms with Crippen molar-refractivity contribution in [1.82, 2.24) is 5.32 Å². The number of ether oxygens (including phenoxy) is 1. The average molecular weight is 355 g/mol. The van der Waals surface area contributed by atoms with E-state index in [4.69, 9.17) is 10.5 Å². The predicted molar refractivity (Wildman–Crippen MR) is 97.2 cm³/mol. The molecule has 0 atom stereocenters. The van der Waals surface area contributed by atoms with E-state index in [9.17, 15) is 14.4 Å². The van der Waals surface area contributed by atoms with Gasteiger partial charge in [0.1, 0.15) is 0 Å². The summed E-state index contributed by atoms with van der Waals surface area (Å²) < 4.78 is 4.94. The van der Waals surface area contributed by atoms with Crippen LogP contribution in [0.25, 0.3) is 0 Å². The summed E-state index contributed by atoms with van der Waals surface area (Å²) >= 11 is 0. The van der Waals surface area contributed by atoms with Gasteiger partial charge in [0.05, 0.1) is 17.9 Å². The number of hydrogen-bond acceptors (Lipinski definition) is 5. The fourth-order valence-electron chi connectivity index (χ4n) is 2.29. The zero-order chi connectivity index (χ0) is 18.9. The minimum Gasteiger partial charge on any atom is -0.462 e. The summed E-state index contributed by atoms with van der Waals surface area (Å²) in [7, 11) is 0. The number of para-hydroxylation sites is 1. The monoisotopic (exact) mass is 355 g/mol. The maximum Gasteiger partial charge on any atom is 0.340 e. The largest absolute Gasteiger partial charge is 0.462 e. The second kappa shape index (κ2) is 9.33. The van der Waals surface area contributed by atoms with Crippen molar-refractivity contribution in [3.63, 3.8) is 0 Å². The Morgan fingerprint density at radius 3 is 2.46 bits per heavy atom. The summed E-state index contributed by atoms with van der Waals surface area (Å²) in [6, 6.07) is 13.7. The third-order valence-electron chi connectivity index (χ3n) is 3.56. The van der Waals surface area contributed by atoms with E-state index in [1.54, 1.807) is 19.1 Å². The molecule has 4 N–H and O–H groups in total. The third-order valence-corrected chi connectivity index (χ3v) is 3.56. The summed E-state index contributed by atoms with van der Waals surface area (Å²) in [6.07, 6.45) is 0. The smallest absolute Gasteiger partial charge is 0.340 e. The Labute approximate surface area is 151 Å². The molecule has 0 radical (unpaired) electrons. The molecule has 7 nitrogen and oxygen atoms in total. The van der Waals surface area contributed by atoms with Gasteiger partial charge < -0.3 is 21.1 Å². The Morgan fingerprint density at radius 2 is 1.73 bits per heavy atom. The number of carbonyl (C=O) groups is 3. The molecule has 136 valence electrons. The lowest BCUT2D eigenvalue weighted by atomic mass is 10.1. The first-order chi connectivity index (χ1) is 12.5. The molecule has 0 unspecified atom stereocenters. The van der Waals surface area contributed by atoms with E-state index in [-0.39, 0.29) is 24.4 Å². The lowest BCUT2D eigenvalue weighted by Gasteiger charge is -2.10. The molecule has 0 aliphatic rings. The van der Waals surface area contributed by atoms with E-state index in [1.165, 1.54) is 12.1 Å². The molecule has 0 saturated carbocycles. The summed E-state index contributed by atoms with van der Waals surface area (Å²) in [4.78, 5) is 36.0. The minimum atomic E-state index is -0.864. The van der Waals surface area contributed by atoms with E-state index in [0.29, 0.717) is 6.54 Å². The molecule has 0 heterocycles. The SMILES string of the molecule is CCOC(=O)c1ccccc1NC(=O)C(=O)NCc1cccc(CN)c1. The maximum absolute atomic E-state index is 12.1. The molecule has 2 aromatic rings. The summed E-state index contributed by atoms with van der Waals surface area (Å²) in [5.74, 6) is -2.24. The van der Waals surface area contributed by atoms with Crippen LogP contribution in [0, 0.1) is 0 Å². The number of nitrogens with two attached hydrogens (primary N) is 1. The van der Waals surface area contributed by atoms with Gasteiger partial charge in [0, 0.05) is 13.1 Å². The molecule has 0 aromatic heterocycles. The highest BCUT2D eigenvalue weighted by Crippen LogP contribution is 2.16. The lowest BCUT2D eigenvalue weighted by Crippen LogP contribution is -2.35. The van der Waals surface area contributed by atoms with Crippen LogP contribution in [0.4, 0.5) is 5.69 Å². The van der Waals surface area contributed by atoms with Crippen LogP contribution in [-0.4, -0.2) is 24.4 Å². The first-order valence-corrected chi connectivity index (χ1v) is 8.18. The molecule has 0 aliphatic carbocycles. The van der Waals surface area contributed by atoms with E-state index in [0.717, 1.165) is 11.1 Å². The van der Waals surface area contributed by atoms with Gasteiger partial charge in [-0.2, -0.15) is 0 Å². The highest BCUT2D eigenvalue weighted by atomic mass is 16.5. The molecule has 0 aliphatic heterocycles. The second-order valence-corrected chi connectivity index (χ2v) is 5.43. The molecular formula is C19H21N3O4. The molecule has 2 rings (SSSR count). The highest BCUT2D eigenvalue weighted by molar-refractivity contribution is 6.39. The Kier molecular flexibility index (Phi) is 6.87. The molecule has 0 bridgehead atoms. The van der Waals surface area contributed by atoms with Crippen LogP contribution >= 0.6 is 0 Å². The molecule has 26 heavy (non-hydrogen) atoms. The van der Waals surface area contributed by atoms with Crippen molar-refractivity contribution in [2.75, 3.05) is 11.9 Å². The van der Waals surface area contributed by atoms with Crippen LogP contribution in [0.3, 0.4) is 0 Å². The lowest BCUT2D eigenvalue weighted by molar-refractivity contribution is -0.136. The van der Waals surface area contributed by atoms with Crippen molar-refractivity contribution < 1.29 is 19.1 Å². The number of amides is 2. The van der Waals surface area contributed by atoms with Gasteiger partial charge in [-0.1, -0.05) is 36.4 Å². The van der Waals surface area contributed by atoms with E-state index in [1.807, 2.05) is 24.3 Å². The van der Waals surface area contributed by atoms with Crippen LogP contribution in [0.15, 0.2) is 48.5 Å². The van der Waals surface area contributed by atoms with Crippen molar-refractivity contribution >= 4 is 23.5 Å². The molecule has 0 saturated heterocycles. The van der Waals surface area contributed by atoms with Crippen LogP contribution in [0.5, 0.6) is 0 Å². The third kappa shape index (κ3) is 5.15. The van der Waals surface area contributed by atoms with Crippen molar-refractivity contribution in [3.8, 4) is 0 Å². The Hall–Kier alpha value is -3.19. The molecule has 7 heteroatoms. The average Bonchev–Trinajstić information content (AvgIpc) is 2.66. The van der Waals surface area contributed by atoms with Gasteiger partial charge in [0.2, 0.25) is 0 Å². The molecule has 0 fully saturated rings. The normalized spacial score (nSPS) is 10.1. The molecule has 2 aromatic carbocycles. The number of carbonyl (C=O) groups excluding carboxylic acids is 3. The van der Waals surface area contributed by atoms with Gasteiger partial charge in [-0.05, 0) is 30.2 Å². The molecule has 0 spiro atoms. The Balaban J connectivity index is 1.99. The zero-order valence-electron chi connectivity index (χ0n) is 14.5. The van der Waals surface area contributed by atoms with E-state index in [2.05, 4.69) is 10.6 Å². The van der Waals surface area contributed by atoms with Crippen molar-refractivity contribution in [2.45, 2.75) is 20.0 Å². The van der Waals surface area contributed by atoms with Crippen LogP contribution in [0.2, 0.25) is 0 Å². The number of nitrogens with one attached hydrogen (secondary N) is 2. The summed E-state index contributed by atoms with van der Waals surface area (Å²) in [5.41, 5.74) is 7.75. The summed E-state index contributed by atoms with van der Waals surface area (Å²) in [5, 5.41) is 4.97. The fourth-order valence-corrected chi connectivity index (χ4v) is 2.29. The first kappa shape index (κ1) is 19.1. The number of esters is 1. The van der Waals surface area contributed by atoms with Gasteiger partial charge in [-0.25, -0.2) is 4.79 Å². The topological polar surface area (TPSA) is 111 Å². The number of anilines is 1. The van der Waals surface area contributed by atoms with Crippen LogP contribution < -0.4 is 16.4 Å². The van der Waals surface area contributed by atoms with Gasteiger partial charge >= 0.3 is 17.8 Å². The maximum atomic E-state index is 12.1. The first-order valence-electron chi connectivity index (χ1n) is 8.18. The van der Waals surface area contributed by atoms with Crippen molar-refractivity contribution in [1.29, 1.82) is 0 Å². The number of rotatable bonds is 6. The minimum absolute atomic E-state index is 0.186. The summed E-state index contributed by atoms with van der Waals surface area (Å²) in [6.45, 7) is 2.49. The Bertz CT molecular complexity index is 805. The highest BCUT2D eigenvalue weighted by Gasteiger charge is 2.18. The molecular weight excluding hydrogens is 334 g/mol. The van der Waals surface area contributed by atoms with Gasteiger partial charge in [-0.3, -0.25) is 9.59 Å². The second-order valence-electron chi connectivity index (χ2n) is 5.43. The van der Waals surface area contributed by atoms with Crippen molar-refractivity contribution in [3.05, 3.63) is 65.2 Å². The van der Waals surface area contributed by atoms with Gasteiger partial charge in [0.15, 0.2) is 0 Å². The predicted octanol–water partition coefficient (Wildman–Crippen LogP) is 1.58.